The van der Waals surface area contributed by atoms with Gasteiger partial charge in [0.05, 0.1) is 12.1 Å². The lowest BCUT2D eigenvalue weighted by atomic mass is 10.1. The number of methoxy groups -OCH3 is 1. The van der Waals surface area contributed by atoms with Gasteiger partial charge < -0.3 is 4.74 Å². The van der Waals surface area contributed by atoms with Crippen LogP contribution in [0.3, 0.4) is 0 Å². The summed E-state index contributed by atoms with van der Waals surface area (Å²) in [5.74, 6) is 0.143. The average molecular weight is 238 g/mol. The molecule has 0 bridgehead atoms. The fourth-order valence-corrected chi connectivity index (χ4v) is 1.98. The van der Waals surface area contributed by atoms with Gasteiger partial charge in [0.2, 0.25) is 0 Å². The van der Waals surface area contributed by atoms with E-state index in [1.807, 2.05) is 24.6 Å². The summed E-state index contributed by atoms with van der Waals surface area (Å²) in [5, 5.41) is 4.34. The van der Waals surface area contributed by atoms with Gasteiger partial charge in [0, 0.05) is 19.3 Å². The van der Waals surface area contributed by atoms with Crippen LogP contribution in [0.25, 0.3) is 0 Å². The van der Waals surface area contributed by atoms with Crippen LogP contribution in [-0.4, -0.2) is 28.8 Å². The molecule has 4 nitrogen and oxygen atoms in total. The Morgan fingerprint density at radius 1 is 1.53 bits per heavy atom. The van der Waals surface area contributed by atoms with Gasteiger partial charge in [-0.3, -0.25) is 9.48 Å². The highest BCUT2D eigenvalue weighted by molar-refractivity contribution is 5.84. The van der Waals surface area contributed by atoms with E-state index in [0.29, 0.717) is 6.42 Å². The molecule has 1 rings (SSSR count). The van der Waals surface area contributed by atoms with Crippen molar-refractivity contribution in [2.45, 2.75) is 52.7 Å². The zero-order valence-corrected chi connectivity index (χ0v) is 11.2. The van der Waals surface area contributed by atoms with Crippen LogP contribution >= 0.6 is 0 Å². The maximum Gasteiger partial charge on any atom is 0.167 e. The molecule has 0 aliphatic carbocycles. The third-order valence-corrected chi connectivity index (χ3v) is 2.83. The lowest BCUT2D eigenvalue weighted by Gasteiger charge is -2.13. The number of Topliss-reactive ketones (excluding diaryl/α,β-unsaturated/α-hetero) is 1. The van der Waals surface area contributed by atoms with Gasteiger partial charge in [-0.25, -0.2) is 0 Å². The molecule has 0 saturated carbocycles. The summed E-state index contributed by atoms with van der Waals surface area (Å²) in [5.41, 5.74) is 1.94. The molecule has 0 amide bonds. The van der Waals surface area contributed by atoms with Crippen LogP contribution in [0.1, 0.15) is 38.1 Å². The Labute approximate surface area is 103 Å². The fraction of sp³-hybridized carbons (Fsp3) is 0.692. The van der Waals surface area contributed by atoms with Crippen molar-refractivity contribution < 1.29 is 9.53 Å². The molecule has 1 aromatic rings. The summed E-state index contributed by atoms with van der Waals surface area (Å²) in [4.78, 5) is 12.0. The van der Waals surface area contributed by atoms with Crippen molar-refractivity contribution in [2.24, 2.45) is 0 Å². The summed E-state index contributed by atoms with van der Waals surface area (Å²) in [6.45, 7) is 6.82. The molecule has 0 aliphatic heterocycles. The first-order valence-electron chi connectivity index (χ1n) is 6.21. The minimum Gasteiger partial charge on any atom is -0.374 e. The number of hydrogen-bond acceptors (Lipinski definition) is 3. The lowest BCUT2D eigenvalue weighted by molar-refractivity contribution is -0.128. The first kappa shape index (κ1) is 13.9. The number of ketones is 1. The second-order valence-corrected chi connectivity index (χ2v) is 4.25. The SMILES string of the molecule is CCCC(OC)C(=O)Cc1cc(C)nn1CC. The number of rotatable bonds is 7. The minimum atomic E-state index is -0.277. The second kappa shape index (κ2) is 6.55. The van der Waals surface area contributed by atoms with Crippen molar-refractivity contribution in [3.63, 3.8) is 0 Å². The Hall–Kier alpha value is -1.16. The minimum absolute atomic E-state index is 0.143. The summed E-state index contributed by atoms with van der Waals surface area (Å²) in [7, 11) is 1.60. The number of carbonyl (C=O) groups is 1. The Balaban J connectivity index is 2.72. The third kappa shape index (κ3) is 3.66. The standard InChI is InChI=1S/C13H22N2O2/c1-5-7-13(17-4)12(16)9-11-8-10(3)14-15(11)6-2/h8,13H,5-7,9H2,1-4H3. The van der Waals surface area contributed by atoms with Gasteiger partial charge in [0.1, 0.15) is 6.10 Å². The highest BCUT2D eigenvalue weighted by Gasteiger charge is 2.18. The summed E-state index contributed by atoms with van der Waals surface area (Å²) < 4.78 is 7.11. The van der Waals surface area contributed by atoms with Crippen molar-refractivity contribution >= 4 is 5.78 Å². The van der Waals surface area contributed by atoms with Gasteiger partial charge in [-0.05, 0) is 26.3 Å². The topological polar surface area (TPSA) is 44.1 Å². The van der Waals surface area contributed by atoms with Crippen molar-refractivity contribution in [3.05, 3.63) is 17.5 Å². The van der Waals surface area contributed by atoms with Gasteiger partial charge in [0.25, 0.3) is 0 Å². The monoisotopic (exact) mass is 238 g/mol. The predicted molar refractivity (Wildman–Crippen MR) is 67.1 cm³/mol. The third-order valence-electron chi connectivity index (χ3n) is 2.83. The molecule has 1 atom stereocenters. The van der Waals surface area contributed by atoms with Crippen LogP contribution in [0.2, 0.25) is 0 Å². The Morgan fingerprint density at radius 3 is 2.76 bits per heavy atom. The van der Waals surface area contributed by atoms with E-state index in [9.17, 15) is 4.79 Å². The molecular formula is C13H22N2O2. The normalized spacial score (nSPS) is 12.7. The molecule has 1 aromatic heterocycles. The molecule has 0 N–H and O–H groups in total. The van der Waals surface area contributed by atoms with Crippen molar-refractivity contribution in [1.82, 2.24) is 9.78 Å². The quantitative estimate of drug-likeness (QED) is 0.731. The van der Waals surface area contributed by atoms with Crippen LogP contribution in [0.5, 0.6) is 0 Å². The summed E-state index contributed by atoms with van der Waals surface area (Å²) in [6, 6.07) is 1.97. The molecule has 0 aromatic carbocycles. The number of carbonyl (C=O) groups excluding carboxylic acids is 1. The Morgan fingerprint density at radius 2 is 2.24 bits per heavy atom. The molecule has 17 heavy (non-hydrogen) atoms. The molecular weight excluding hydrogens is 216 g/mol. The molecule has 0 fully saturated rings. The smallest absolute Gasteiger partial charge is 0.167 e. The van der Waals surface area contributed by atoms with Gasteiger partial charge in [0.15, 0.2) is 5.78 Å². The summed E-state index contributed by atoms with van der Waals surface area (Å²) >= 11 is 0. The predicted octanol–water partition coefficient (Wildman–Crippen LogP) is 2.14. The maximum atomic E-state index is 12.0. The zero-order chi connectivity index (χ0) is 12.8. The molecule has 4 heteroatoms. The number of ether oxygens (including phenoxy) is 1. The van der Waals surface area contributed by atoms with E-state index in [2.05, 4.69) is 12.0 Å². The molecule has 0 saturated heterocycles. The van der Waals surface area contributed by atoms with Gasteiger partial charge in [-0.2, -0.15) is 5.10 Å². The van der Waals surface area contributed by atoms with Crippen LogP contribution in [-0.2, 0) is 22.5 Å². The summed E-state index contributed by atoms with van der Waals surface area (Å²) in [6.07, 6.45) is 1.87. The van der Waals surface area contributed by atoms with Crippen LogP contribution in [0.4, 0.5) is 0 Å². The fourth-order valence-electron chi connectivity index (χ4n) is 1.98. The van der Waals surface area contributed by atoms with Crippen molar-refractivity contribution in [2.75, 3.05) is 7.11 Å². The highest BCUT2D eigenvalue weighted by atomic mass is 16.5. The van der Waals surface area contributed by atoms with Gasteiger partial charge in [-0.15, -0.1) is 0 Å². The second-order valence-electron chi connectivity index (χ2n) is 4.25. The Kier molecular flexibility index (Phi) is 5.35. The van der Waals surface area contributed by atoms with E-state index in [1.165, 1.54) is 0 Å². The molecule has 0 spiro atoms. The maximum absolute atomic E-state index is 12.0. The van der Waals surface area contributed by atoms with E-state index < -0.39 is 0 Å². The van der Waals surface area contributed by atoms with E-state index in [4.69, 9.17) is 4.74 Å². The number of hydrogen-bond donors (Lipinski definition) is 0. The van der Waals surface area contributed by atoms with Gasteiger partial charge >= 0.3 is 0 Å². The number of nitrogens with zero attached hydrogens (tertiary/aromatic N) is 2. The van der Waals surface area contributed by atoms with Crippen LogP contribution < -0.4 is 0 Å². The first-order valence-corrected chi connectivity index (χ1v) is 6.21. The molecule has 1 unspecified atom stereocenters. The van der Waals surface area contributed by atoms with Crippen molar-refractivity contribution in [3.8, 4) is 0 Å². The molecule has 0 aliphatic rings. The largest absolute Gasteiger partial charge is 0.374 e. The van der Waals surface area contributed by atoms with Crippen LogP contribution in [0, 0.1) is 6.92 Å². The van der Waals surface area contributed by atoms with E-state index in [1.54, 1.807) is 7.11 Å². The van der Waals surface area contributed by atoms with Gasteiger partial charge in [-0.1, -0.05) is 13.3 Å². The van der Waals surface area contributed by atoms with E-state index in [0.717, 1.165) is 30.8 Å². The molecule has 1 heterocycles. The lowest BCUT2D eigenvalue weighted by Crippen LogP contribution is -2.25. The first-order chi connectivity index (χ1) is 8.12. The molecule has 96 valence electrons. The van der Waals surface area contributed by atoms with E-state index in [-0.39, 0.29) is 11.9 Å². The Bertz CT molecular complexity index is 371. The van der Waals surface area contributed by atoms with Crippen molar-refractivity contribution in [1.29, 1.82) is 0 Å². The number of aromatic nitrogens is 2. The molecule has 0 radical (unpaired) electrons. The van der Waals surface area contributed by atoms with E-state index >= 15 is 0 Å². The average Bonchev–Trinajstić information content (AvgIpc) is 2.66. The highest BCUT2D eigenvalue weighted by Crippen LogP contribution is 2.10. The van der Waals surface area contributed by atoms with Crippen LogP contribution in [0.15, 0.2) is 6.07 Å². The zero-order valence-electron chi connectivity index (χ0n) is 11.2. The number of aryl methyl sites for hydroxylation is 2.